The molecule has 5 aromatic rings. The number of nitrogens with zero attached hydrogens (tertiary/aromatic N) is 2. The summed E-state index contributed by atoms with van der Waals surface area (Å²) in [6.45, 7) is 0. The molecule has 0 radical (unpaired) electrons. The van der Waals surface area contributed by atoms with Crippen LogP contribution in [-0.4, -0.2) is 20.2 Å². The van der Waals surface area contributed by atoms with Crippen LogP contribution in [0, 0.1) is 11.2 Å². The maximum Gasteiger partial charge on any atom is 0.272 e. The van der Waals surface area contributed by atoms with Crippen LogP contribution in [0.3, 0.4) is 0 Å². The first-order valence-corrected chi connectivity index (χ1v) is 11.4. The molecule has 0 unspecified atom stereocenters. The van der Waals surface area contributed by atoms with E-state index in [2.05, 4.69) is 21.2 Å². The Hall–Kier alpha value is -3.74. The Balaban J connectivity index is 1.57. The molecule has 7 rings (SSSR count). The highest BCUT2D eigenvalue weighted by Crippen LogP contribution is 2.62. The van der Waals surface area contributed by atoms with Gasteiger partial charge in [0.2, 0.25) is 0 Å². The topological polar surface area (TPSA) is 100 Å². The number of rotatable bonds is 2. The molecule has 4 N–H and O–H groups in total. The molecule has 3 aromatic heterocycles. The monoisotopic (exact) mass is 439 g/mol. The Morgan fingerprint density at radius 1 is 1.09 bits per heavy atom. The first kappa shape index (κ1) is 18.8. The first-order valence-electron chi connectivity index (χ1n) is 11.4. The van der Waals surface area contributed by atoms with Crippen molar-refractivity contribution < 1.29 is 4.39 Å². The summed E-state index contributed by atoms with van der Waals surface area (Å²) in [7, 11) is 0. The molecule has 2 aliphatic carbocycles. The molecule has 0 atom stereocenters. The van der Waals surface area contributed by atoms with Crippen LogP contribution in [0.5, 0.6) is 0 Å². The van der Waals surface area contributed by atoms with Crippen molar-refractivity contribution in [2.75, 3.05) is 5.73 Å². The molecule has 1 spiro atoms. The molecule has 3 heterocycles. The maximum atomic E-state index is 14.4. The van der Waals surface area contributed by atoms with Gasteiger partial charge in [0.05, 0.1) is 17.2 Å². The van der Waals surface area contributed by atoms with Crippen LogP contribution in [0.2, 0.25) is 0 Å². The van der Waals surface area contributed by atoms with Crippen molar-refractivity contribution in [2.45, 2.75) is 38.0 Å². The highest BCUT2D eigenvalue weighted by molar-refractivity contribution is 6.15. The van der Waals surface area contributed by atoms with Gasteiger partial charge in [0, 0.05) is 27.9 Å². The molecule has 0 bridgehead atoms. The standard InChI is InChI=1S/C26H22FN5O/c27-19-5-4-14(18-12-30-32-24(18)19)20-17-9-16(13-10-26(11-13)6-2-7-26)22-15(3-1-8-29-22)23(17)31-25(33)21(20)28/h1,3-5,8-9,12-13H,2,6-7,10-11,28H2,(H,30,32)(H,31,33). The minimum Gasteiger partial charge on any atom is -0.394 e. The van der Waals surface area contributed by atoms with Crippen molar-refractivity contribution in [3.63, 3.8) is 0 Å². The predicted octanol–water partition coefficient (Wildman–Crippen LogP) is 5.39. The fourth-order valence-corrected chi connectivity index (χ4v) is 6.16. The van der Waals surface area contributed by atoms with E-state index in [4.69, 9.17) is 10.7 Å². The summed E-state index contributed by atoms with van der Waals surface area (Å²) in [5.74, 6) is 0.0461. The molecule has 0 aliphatic heterocycles. The zero-order chi connectivity index (χ0) is 22.3. The molecular formula is C26H22FN5O. The normalized spacial score (nSPS) is 17.6. The number of hydrogen-bond acceptors (Lipinski definition) is 4. The van der Waals surface area contributed by atoms with Crippen LogP contribution in [0.15, 0.2) is 47.5 Å². The van der Waals surface area contributed by atoms with Crippen molar-refractivity contribution in [3.8, 4) is 11.1 Å². The number of halogens is 1. The highest BCUT2D eigenvalue weighted by Gasteiger charge is 2.48. The number of nitrogen functional groups attached to an aromatic ring is 1. The first-order chi connectivity index (χ1) is 16.0. The van der Waals surface area contributed by atoms with Gasteiger partial charge in [-0.3, -0.25) is 14.9 Å². The Bertz CT molecular complexity index is 1660. The quantitative estimate of drug-likeness (QED) is 0.321. The summed E-state index contributed by atoms with van der Waals surface area (Å²) in [4.78, 5) is 20.6. The number of nitrogens with one attached hydrogen (secondary N) is 2. The molecule has 0 amide bonds. The van der Waals surface area contributed by atoms with Crippen molar-refractivity contribution in [2.24, 2.45) is 5.41 Å². The van der Waals surface area contributed by atoms with E-state index < -0.39 is 5.82 Å². The lowest BCUT2D eigenvalue weighted by Crippen LogP contribution is -2.41. The number of anilines is 1. The molecule has 33 heavy (non-hydrogen) atoms. The number of aromatic amines is 2. The number of H-pyrrole nitrogens is 2. The molecule has 2 fully saturated rings. The minimum absolute atomic E-state index is 0.120. The second-order valence-electron chi connectivity index (χ2n) is 9.74. The summed E-state index contributed by atoms with van der Waals surface area (Å²) in [5, 5.41) is 9.10. The van der Waals surface area contributed by atoms with Gasteiger partial charge in [-0.2, -0.15) is 5.10 Å². The molecule has 2 aromatic carbocycles. The number of fused-ring (bicyclic) bond motifs is 4. The fraction of sp³-hybridized carbons (Fsp3) is 0.269. The summed E-state index contributed by atoms with van der Waals surface area (Å²) in [6, 6.07) is 9.10. The van der Waals surface area contributed by atoms with E-state index in [1.54, 1.807) is 18.5 Å². The summed E-state index contributed by atoms with van der Waals surface area (Å²) in [5.41, 5.74) is 11.1. The van der Waals surface area contributed by atoms with Gasteiger partial charge >= 0.3 is 0 Å². The van der Waals surface area contributed by atoms with Gasteiger partial charge in [-0.25, -0.2) is 4.39 Å². The summed E-state index contributed by atoms with van der Waals surface area (Å²) in [6.07, 6.45) is 9.72. The fourth-order valence-electron chi connectivity index (χ4n) is 6.16. The molecule has 7 heteroatoms. The average molecular weight is 439 g/mol. The second-order valence-corrected chi connectivity index (χ2v) is 9.74. The van der Waals surface area contributed by atoms with Gasteiger partial charge in [0.1, 0.15) is 17.0 Å². The van der Waals surface area contributed by atoms with E-state index in [1.807, 2.05) is 12.1 Å². The number of benzene rings is 2. The lowest BCUT2D eigenvalue weighted by molar-refractivity contribution is 0.00946. The van der Waals surface area contributed by atoms with Crippen LogP contribution in [0.1, 0.15) is 43.6 Å². The number of hydrogen-bond donors (Lipinski definition) is 3. The van der Waals surface area contributed by atoms with Crippen molar-refractivity contribution >= 4 is 38.4 Å². The summed E-state index contributed by atoms with van der Waals surface area (Å²) < 4.78 is 14.4. The van der Waals surface area contributed by atoms with Gasteiger partial charge in [-0.1, -0.05) is 12.5 Å². The van der Waals surface area contributed by atoms with Crippen molar-refractivity contribution in [1.29, 1.82) is 0 Å². The van der Waals surface area contributed by atoms with E-state index in [1.165, 1.54) is 43.7 Å². The van der Waals surface area contributed by atoms with E-state index in [9.17, 15) is 9.18 Å². The predicted molar refractivity (Wildman–Crippen MR) is 128 cm³/mol. The zero-order valence-electron chi connectivity index (χ0n) is 17.9. The second kappa shape index (κ2) is 6.41. The third-order valence-corrected chi connectivity index (χ3v) is 7.99. The Morgan fingerprint density at radius 2 is 1.94 bits per heavy atom. The maximum absolute atomic E-state index is 14.4. The van der Waals surface area contributed by atoms with Gasteiger partial charge in [-0.05, 0) is 72.4 Å². The van der Waals surface area contributed by atoms with Crippen molar-refractivity contribution in [1.82, 2.24) is 20.2 Å². The molecule has 6 nitrogen and oxygen atoms in total. The smallest absolute Gasteiger partial charge is 0.272 e. The van der Waals surface area contributed by atoms with Crippen LogP contribution in [0.25, 0.3) is 43.8 Å². The van der Waals surface area contributed by atoms with Crippen molar-refractivity contribution in [3.05, 3.63) is 64.5 Å². The lowest BCUT2D eigenvalue weighted by Gasteiger charge is -2.54. The SMILES string of the molecule is Nc1c(-c2ccc(F)c3[nH]ncc23)c2cc(C3CC4(CCC4)C3)c3ncccc3c2[nH]c1=O. The average Bonchev–Trinajstić information content (AvgIpc) is 3.25. The number of nitrogens with two attached hydrogens (primary N) is 1. The van der Waals surface area contributed by atoms with Gasteiger partial charge < -0.3 is 10.7 Å². The van der Waals surface area contributed by atoms with E-state index >= 15 is 0 Å². The van der Waals surface area contributed by atoms with Crippen LogP contribution in [0.4, 0.5) is 10.1 Å². The van der Waals surface area contributed by atoms with Crippen LogP contribution < -0.4 is 11.3 Å². The van der Waals surface area contributed by atoms with Crippen LogP contribution in [-0.2, 0) is 0 Å². The molecular weight excluding hydrogens is 417 g/mol. The van der Waals surface area contributed by atoms with Crippen LogP contribution >= 0.6 is 0 Å². The third-order valence-electron chi connectivity index (χ3n) is 7.99. The number of pyridine rings is 2. The zero-order valence-corrected chi connectivity index (χ0v) is 17.9. The van der Waals surface area contributed by atoms with E-state index in [0.29, 0.717) is 38.9 Å². The molecule has 2 saturated carbocycles. The minimum atomic E-state index is -0.394. The van der Waals surface area contributed by atoms with E-state index in [-0.39, 0.29) is 11.2 Å². The van der Waals surface area contributed by atoms with Gasteiger partial charge in [0.15, 0.2) is 0 Å². The van der Waals surface area contributed by atoms with Gasteiger partial charge in [0.25, 0.3) is 5.56 Å². The van der Waals surface area contributed by atoms with E-state index in [0.717, 1.165) is 16.3 Å². The Labute approximate surface area is 188 Å². The largest absolute Gasteiger partial charge is 0.394 e. The molecule has 0 saturated heterocycles. The Kier molecular flexibility index (Phi) is 3.65. The molecule has 2 aliphatic rings. The summed E-state index contributed by atoms with van der Waals surface area (Å²) >= 11 is 0. The third kappa shape index (κ3) is 2.50. The van der Waals surface area contributed by atoms with Gasteiger partial charge in [-0.15, -0.1) is 0 Å². The lowest BCUT2D eigenvalue weighted by atomic mass is 9.50. The Morgan fingerprint density at radius 3 is 2.73 bits per heavy atom. The molecule has 164 valence electrons. The highest BCUT2D eigenvalue weighted by atomic mass is 19.1. The number of aromatic nitrogens is 4.